The number of halogens is 1. The van der Waals surface area contributed by atoms with E-state index in [0.29, 0.717) is 24.5 Å². The van der Waals surface area contributed by atoms with E-state index in [4.69, 9.17) is 22.1 Å². The van der Waals surface area contributed by atoms with Crippen LogP contribution in [-0.4, -0.2) is 22.5 Å². The predicted molar refractivity (Wildman–Crippen MR) is 73.4 cm³/mol. The van der Waals surface area contributed by atoms with Crippen LogP contribution in [0.2, 0.25) is 5.15 Å². The molecule has 0 aliphatic heterocycles. The third-order valence-corrected chi connectivity index (χ3v) is 3.29. The Morgan fingerprint density at radius 2 is 2.42 bits per heavy atom. The molecule has 1 unspecified atom stereocenters. The van der Waals surface area contributed by atoms with E-state index >= 15 is 0 Å². The lowest BCUT2D eigenvalue weighted by atomic mass is 9.88. The van der Waals surface area contributed by atoms with Crippen molar-refractivity contribution in [1.82, 2.24) is 9.97 Å². The fourth-order valence-corrected chi connectivity index (χ4v) is 2.29. The first kappa shape index (κ1) is 13.8. The highest BCUT2D eigenvalue weighted by atomic mass is 35.5. The minimum Gasteiger partial charge on any atom is -0.466 e. The van der Waals surface area contributed by atoms with Gasteiger partial charge in [-0.3, -0.25) is 4.79 Å². The van der Waals surface area contributed by atoms with Gasteiger partial charge in [0.15, 0.2) is 5.82 Å². The fraction of sp³-hybridized carbons (Fsp3) is 0.462. The van der Waals surface area contributed by atoms with Gasteiger partial charge < -0.3 is 10.5 Å². The van der Waals surface area contributed by atoms with Crippen molar-refractivity contribution in [1.29, 1.82) is 0 Å². The summed E-state index contributed by atoms with van der Waals surface area (Å²) >= 11 is 5.72. The average Bonchev–Trinajstić information content (AvgIpc) is 2.39. The van der Waals surface area contributed by atoms with Crippen LogP contribution < -0.4 is 5.73 Å². The monoisotopic (exact) mass is 281 g/mol. The molecule has 0 fully saturated rings. The summed E-state index contributed by atoms with van der Waals surface area (Å²) in [4.78, 5) is 19.8. The van der Waals surface area contributed by atoms with Crippen molar-refractivity contribution in [2.24, 2.45) is 5.92 Å². The van der Waals surface area contributed by atoms with Gasteiger partial charge >= 0.3 is 5.97 Å². The normalized spacial score (nSPS) is 18.8. The van der Waals surface area contributed by atoms with E-state index in [1.165, 1.54) is 6.20 Å². The largest absolute Gasteiger partial charge is 0.466 e. The average molecular weight is 282 g/mol. The van der Waals surface area contributed by atoms with Crippen LogP contribution in [0.1, 0.15) is 31.9 Å². The maximum atomic E-state index is 11.6. The molecule has 6 heteroatoms. The van der Waals surface area contributed by atoms with Gasteiger partial charge in [-0.05, 0) is 31.8 Å². The molecule has 2 rings (SSSR count). The summed E-state index contributed by atoms with van der Waals surface area (Å²) in [5, 5.41) is 0.280. The minimum absolute atomic E-state index is 0.0646. The Hall–Kier alpha value is -1.62. The second-order valence-electron chi connectivity index (χ2n) is 4.38. The molecule has 0 bridgehead atoms. The summed E-state index contributed by atoms with van der Waals surface area (Å²) in [6.07, 6.45) is 5.60. The molecular weight excluding hydrogens is 266 g/mol. The Balaban J connectivity index is 2.10. The van der Waals surface area contributed by atoms with E-state index in [9.17, 15) is 4.79 Å². The van der Waals surface area contributed by atoms with E-state index in [-0.39, 0.29) is 17.0 Å². The lowest BCUT2D eigenvalue weighted by Gasteiger charge is -2.20. The summed E-state index contributed by atoms with van der Waals surface area (Å²) < 4.78 is 5.02. The van der Waals surface area contributed by atoms with Gasteiger partial charge in [-0.25, -0.2) is 9.97 Å². The zero-order valence-corrected chi connectivity index (χ0v) is 11.5. The maximum absolute atomic E-state index is 11.6. The summed E-state index contributed by atoms with van der Waals surface area (Å²) in [5.74, 6) is 0.131. The summed E-state index contributed by atoms with van der Waals surface area (Å²) in [5.41, 5.74) is 7.48. The van der Waals surface area contributed by atoms with E-state index in [1.807, 2.05) is 13.0 Å². The van der Waals surface area contributed by atoms with Crippen LogP contribution in [0.15, 0.2) is 12.3 Å². The number of allylic oxidation sites excluding steroid dienone is 2. The number of carbonyl (C=O) groups excluding carboxylic acids is 1. The van der Waals surface area contributed by atoms with Crippen LogP contribution in [0.3, 0.4) is 0 Å². The maximum Gasteiger partial charge on any atom is 0.309 e. The highest BCUT2D eigenvalue weighted by Gasteiger charge is 2.24. The first-order valence-corrected chi connectivity index (χ1v) is 6.63. The fourth-order valence-electron chi connectivity index (χ4n) is 2.15. The molecule has 1 aromatic heterocycles. The smallest absolute Gasteiger partial charge is 0.309 e. The number of aromatic nitrogens is 2. The van der Waals surface area contributed by atoms with Gasteiger partial charge in [0, 0.05) is 0 Å². The molecule has 1 atom stereocenters. The first-order valence-electron chi connectivity index (χ1n) is 6.26. The SMILES string of the molecule is CCOC(=O)C1CC=C(c2ncc(Cl)nc2N)CC1. The third-order valence-electron chi connectivity index (χ3n) is 3.11. The second kappa shape index (κ2) is 6.02. The van der Waals surface area contributed by atoms with Gasteiger partial charge in [0.1, 0.15) is 10.8 Å². The van der Waals surface area contributed by atoms with Crippen molar-refractivity contribution in [3.63, 3.8) is 0 Å². The van der Waals surface area contributed by atoms with Gasteiger partial charge in [0.2, 0.25) is 0 Å². The lowest BCUT2D eigenvalue weighted by Crippen LogP contribution is -2.20. The predicted octanol–water partition coefficient (Wildman–Crippen LogP) is 2.46. The van der Waals surface area contributed by atoms with Gasteiger partial charge in [0.25, 0.3) is 0 Å². The highest BCUT2D eigenvalue weighted by molar-refractivity contribution is 6.29. The standard InChI is InChI=1S/C13H16ClN3O2/c1-2-19-13(18)9-5-3-8(4-6-9)11-12(15)17-10(14)7-16-11/h3,7,9H,2,4-6H2,1H3,(H2,15,17). The van der Waals surface area contributed by atoms with Crippen molar-refractivity contribution in [3.8, 4) is 0 Å². The highest BCUT2D eigenvalue weighted by Crippen LogP contribution is 2.32. The number of rotatable bonds is 3. The van der Waals surface area contributed by atoms with Gasteiger partial charge in [-0.2, -0.15) is 0 Å². The van der Waals surface area contributed by atoms with Gasteiger partial charge in [-0.1, -0.05) is 17.7 Å². The molecule has 1 aliphatic carbocycles. The van der Waals surface area contributed by atoms with Crippen molar-refractivity contribution in [2.75, 3.05) is 12.3 Å². The number of nitrogens with two attached hydrogens (primary N) is 1. The van der Waals surface area contributed by atoms with E-state index in [0.717, 1.165) is 18.4 Å². The van der Waals surface area contributed by atoms with Crippen LogP contribution in [-0.2, 0) is 9.53 Å². The Kier molecular flexibility index (Phi) is 4.37. The third kappa shape index (κ3) is 3.23. The zero-order valence-electron chi connectivity index (χ0n) is 10.7. The molecule has 19 heavy (non-hydrogen) atoms. The zero-order chi connectivity index (χ0) is 13.8. The molecule has 0 saturated carbocycles. The second-order valence-corrected chi connectivity index (χ2v) is 4.77. The van der Waals surface area contributed by atoms with Crippen LogP contribution in [0.25, 0.3) is 5.57 Å². The molecule has 1 heterocycles. The van der Waals surface area contributed by atoms with Crippen LogP contribution in [0.5, 0.6) is 0 Å². The molecule has 0 radical (unpaired) electrons. The Morgan fingerprint density at radius 1 is 1.63 bits per heavy atom. The van der Waals surface area contributed by atoms with Crippen molar-refractivity contribution in [3.05, 3.63) is 23.1 Å². The summed E-state index contributed by atoms with van der Waals surface area (Å²) in [7, 11) is 0. The minimum atomic E-state index is -0.132. The topological polar surface area (TPSA) is 78.1 Å². The first-order chi connectivity index (χ1) is 9.11. The number of hydrogen-bond acceptors (Lipinski definition) is 5. The number of hydrogen-bond donors (Lipinski definition) is 1. The van der Waals surface area contributed by atoms with Crippen molar-refractivity contribution >= 4 is 29.0 Å². The molecule has 0 spiro atoms. The van der Waals surface area contributed by atoms with Crippen LogP contribution in [0, 0.1) is 5.92 Å². The van der Waals surface area contributed by atoms with E-state index < -0.39 is 0 Å². The van der Waals surface area contributed by atoms with Gasteiger partial charge in [0.05, 0.1) is 18.7 Å². The molecule has 5 nitrogen and oxygen atoms in total. The van der Waals surface area contributed by atoms with Crippen molar-refractivity contribution in [2.45, 2.75) is 26.2 Å². The molecule has 0 saturated heterocycles. The number of carbonyl (C=O) groups is 1. The lowest BCUT2D eigenvalue weighted by molar-refractivity contribution is -0.148. The Morgan fingerprint density at radius 3 is 3.00 bits per heavy atom. The molecule has 1 aromatic rings. The summed E-state index contributed by atoms with van der Waals surface area (Å²) in [6.45, 7) is 2.23. The van der Waals surface area contributed by atoms with Gasteiger partial charge in [-0.15, -0.1) is 0 Å². The molecule has 102 valence electrons. The number of ether oxygens (including phenoxy) is 1. The number of anilines is 1. The van der Waals surface area contributed by atoms with Crippen molar-refractivity contribution < 1.29 is 9.53 Å². The molecule has 1 aliphatic rings. The van der Waals surface area contributed by atoms with E-state index in [1.54, 1.807) is 0 Å². The van der Waals surface area contributed by atoms with Crippen LogP contribution in [0.4, 0.5) is 5.82 Å². The number of nitrogens with zero attached hydrogens (tertiary/aromatic N) is 2. The van der Waals surface area contributed by atoms with Crippen LogP contribution >= 0.6 is 11.6 Å². The Bertz CT molecular complexity index is 517. The summed E-state index contributed by atoms with van der Waals surface area (Å²) in [6, 6.07) is 0. The Labute approximate surface area is 116 Å². The molecular formula is C13H16ClN3O2. The quantitative estimate of drug-likeness (QED) is 0.861. The number of nitrogen functional groups attached to an aromatic ring is 1. The van der Waals surface area contributed by atoms with E-state index in [2.05, 4.69) is 9.97 Å². The molecule has 2 N–H and O–H groups in total. The molecule has 0 aromatic carbocycles. The molecule has 0 amide bonds. The number of esters is 1.